The molecule has 1 aliphatic heterocycles. The molecule has 100 valence electrons. The molecule has 1 aromatic heterocycles. The van der Waals surface area contributed by atoms with E-state index in [-0.39, 0.29) is 12.7 Å². The highest BCUT2D eigenvalue weighted by atomic mass is 16.7. The summed E-state index contributed by atoms with van der Waals surface area (Å²) >= 11 is 0. The Morgan fingerprint density at radius 1 is 1.56 bits per heavy atom. The number of ether oxygens (including phenoxy) is 3. The Balaban J connectivity index is 1.95. The molecule has 1 aliphatic rings. The van der Waals surface area contributed by atoms with Gasteiger partial charge in [-0.05, 0) is 26.8 Å². The lowest BCUT2D eigenvalue weighted by atomic mass is 10.2. The molecule has 0 unspecified atom stereocenters. The van der Waals surface area contributed by atoms with Crippen LogP contribution in [0.15, 0.2) is 12.3 Å². The van der Waals surface area contributed by atoms with Crippen molar-refractivity contribution in [1.82, 2.24) is 4.98 Å². The van der Waals surface area contributed by atoms with Crippen LogP contribution in [-0.2, 0) is 16.1 Å². The zero-order valence-corrected chi connectivity index (χ0v) is 11.0. The molecule has 5 nitrogen and oxygen atoms in total. The minimum absolute atomic E-state index is 0.0647. The van der Waals surface area contributed by atoms with E-state index in [1.54, 1.807) is 12.3 Å². The number of hydrogen-bond acceptors (Lipinski definition) is 5. The average molecular weight is 253 g/mol. The Labute approximate surface area is 107 Å². The maximum atomic E-state index is 9.13. The highest BCUT2D eigenvalue weighted by Crippen LogP contribution is 2.24. The van der Waals surface area contributed by atoms with Crippen molar-refractivity contribution < 1.29 is 19.3 Å². The molecule has 0 saturated carbocycles. The molecular weight excluding hydrogens is 234 g/mol. The number of aliphatic hydroxyl groups is 1. The topological polar surface area (TPSA) is 60.8 Å². The number of aromatic nitrogens is 1. The van der Waals surface area contributed by atoms with Gasteiger partial charge in [0.25, 0.3) is 0 Å². The van der Waals surface area contributed by atoms with Gasteiger partial charge in [0.2, 0.25) is 0 Å². The first-order chi connectivity index (χ1) is 8.52. The van der Waals surface area contributed by atoms with Gasteiger partial charge >= 0.3 is 0 Å². The fraction of sp³-hybridized carbons (Fsp3) is 0.615. The van der Waals surface area contributed by atoms with Crippen molar-refractivity contribution in [2.24, 2.45) is 0 Å². The van der Waals surface area contributed by atoms with Gasteiger partial charge in [-0.15, -0.1) is 0 Å². The molecule has 1 aromatic rings. The van der Waals surface area contributed by atoms with Crippen molar-refractivity contribution in [1.29, 1.82) is 0 Å². The number of pyridine rings is 1. The predicted octanol–water partition coefficient (Wildman–Crippen LogP) is 1.41. The minimum atomic E-state index is -0.530. The highest BCUT2D eigenvalue weighted by Gasteiger charge is 2.33. The van der Waals surface area contributed by atoms with Gasteiger partial charge in [-0.25, -0.2) is 0 Å². The fourth-order valence-electron chi connectivity index (χ4n) is 1.90. The van der Waals surface area contributed by atoms with Crippen LogP contribution in [0.4, 0.5) is 0 Å². The van der Waals surface area contributed by atoms with Gasteiger partial charge in [0.05, 0.1) is 18.9 Å². The molecule has 1 atom stereocenters. The smallest absolute Gasteiger partial charge is 0.163 e. The molecule has 0 aliphatic carbocycles. The van der Waals surface area contributed by atoms with Crippen LogP contribution in [0.1, 0.15) is 25.1 Å². The van der Waals surface area contributed by atoms with E-state index < -0.39 is 5.79 Å². The molecule has 2 rings (SSSR count). The second-order valence-corrected chi connectivity index (χ2v) is 4.80. The molecule has 0 radical (unpaired) electrons. The standard InChI is InChI=1S/C13H19NO4/c1-9-11(6-15)14-5-4-12(9)16-7-10-8-17-13(2,3)18-10/h4-5,10,15H,6-8H2,1-3H3/t10-/m1/s1. The maximum Gasteiger partial charge on any atom is 0.163 e. The van der Waals surface area contributed by atoms with E-state index in [9.17, 15) is 0 Å². The number of nitrogens with zero attached hydrogens (tertiary/aromatic N) is 1. The van der Waals surface area contributed by atoms with Gasteiger partial charge < -0.3 is 19.3 Å². The molecule has 5 heteroatoms. The van der Waals surface area contributed by atoms with Crippen LogP contribution in [0.2, 0.25) is 0 Å². The lowest BCUT2D eigenvalue weighted by molar-refractivity contribution is -0.141. The maximum absolute atomic E-state index is 9.13. The van der Waals surface area contributed by atoms with Gasteiger partial charge in [-0.2, -0.15) is 0 Å². The number of rotatable bonds is 4. The second-order valence-electron chi connectivity index (χ2n) is 4.80. The van der Waals surface area contributed by atoms with Crippen molar-refractivity contribution in [3.05, 3.63) is 23.5 Å². The molecule has 0 amide bonds. The lowest BCUT2D eigenvalue weighted by Gasteiger charge is -2.18. The first kappa shape index (κ1) is 13.3. The van der Waals surface area contributed by atoms with E-state index in [1.807, 2.05) is 20.8 Å². The van der Waals surface area contributed by atoms with Crippen LogP contribution in [0.25, 0.3) is 0 Å². The molecule has 2 heterocycles. The van der Waals surface area contributed by atoms with E-state index in [0.717, 1.165) is 11.3 Å². The van der Waals surface area contributed by atoms with E-state index >= 15 is 0 Å². The highest BCUT2D eigenvalue weighted by molar-refractivity contribution is 5.34. The van der Waals surface area contributed by atoms with Crippen LogP contribution >= 0.6 is 0 Å². The summed E-state index contributed by atoms with van der Waals surface area (Å²) in [4.78, 5) is 4.07. The molecule has 18 heavy (non-hydrogen) atoms. The summed E-state index contributed by atoms with van der Waals surface area (Å²) in [5.74, 6) is 0.194. The summed E-state index contributed by atoms with van der Waals surface area (Å²) in [5.41, 5.74) is 1.49. The van der Waals surface area contributed by atoms with Crippen LogP contribution in [-0.4, -0.2) is 35.2 Å². The van der Waals surface area contributed by atoms with Crippen molar-refractivity contribution in [3.63, 3.8) is 0 Å². The molecular formula is C13H19NO4. The quantitative estimate of drug-likeness (QED) is 0.879. The first-order valence-corrected chi connectivity index (χ1v) is 6.02. The Morgan fingerprint density at radius 3 is 2.94 bits per heavy atom. The van der Waals surface area contributed by atoms with Crippen molar-refractivity contribution in [2.45, 2.75) is 39.3 Å². The zero-order valence-electron chi connectivity index (χ0n) is 11.0. The Morgan fingerprint density at radius 2 is 2.33 bits per heavy atom. The van der Waals surface area contributed by atoms with Gasteiger partial charge in [0.15, 0.2) is 5.79 Å². The first-order valence-electron chi connectivity index (χ1n) is 6.02. The molecule has 1 saturated heterocycles. The van der Waals surface area contributed by atoms with E-state index in [2.05, 4.69) is 4.98 Å². The van der Waals surface area contributed by atoms with Gasteiger partial charge in [-0.3, -0.25) is 4.98 Å². The Hall–Kier alpha value is -1.17. The van der Waals surface area contributed by atoms with E-state index in [1.165, 1.54) is 0 Å². The van der Waals surface area contributed by atoms with Gasteiger partial charge in [-0.1, -0.05) is 0 Å². The summed E-state index contributed by atoms with van der Waals surface area (Å²) in [6.45, 7) is 6.52. The Bertz CT molecular complexity index is 419. The third-order valence-electron chi connectivity index (χ3n) is 2.90. The molecule has 1 N–H and O–H groups in total. The Kier molecular flexibility index (Phi) is 3.85. The van der Waals surface area contributed by atoms with Crippen LogP contribution in [0.5, 0.6) is 5.75 Å². The lowest BCUT2D eigenvalue weighted by Crippen LogP contribution is -2.25. The van der Waals surface area contributed by atoms with Crippen LogP contribution in [0.3, 0.4) is 0 Å². The largest absolute Gasteiger partial charge is 0.490 e. The summed E-state index contributed by atoms with van der Waals surface area (Å²) in [6, 6.07) is 1.79. The van der Waals surface area contributed by atoms with Gasteiger partial charge in [0, 0.05) is 11.8 Å². The second kappa shape index (κ2) is 5.22. The van der Waals surface area contributed by atoms with Crippen molar-refractivity contribution in [3.8, 4) is 5.75 Å². The van der Waals surface area contributed by atoms with Crippen molar-refractivity contribution >= 4 is 0 Å². The normalized spacial score (nSPS) is 22.1. The number of aliphatic hydroxyl groups excluding tert-OH is 1. The van der Waals surface area contributed by atoms with E-state index in [0.29, 0.717) is 18.9 Å². The molecule has 0 aromatic carbocycles. The zero-order chi connectivity index (χ0) is 13.2. The molecule has 0 bridgehead atoms. The molecule has 1 fully saturated rings. The minimum Gasteiger partial charge on any atom is -0.490 e. The predicted molar refractivity (Wildman–Crippen MR) is 65.3 cm³/mol. The summed E-state index contributed by atoms with van der Waals surface area (Å²) < 4.78 is 16.8. The molecule has 0 spiro atoms. The van der Waals surface area contributed by atoms with E-state index in [4.69, 9.17) is 19.3 Å². The van der Waals surface area contributed by atoms with Crippen LogP contribution < -0.4 is 4.74 Å². The monoisotopic (exact) mass is 253 g/mol. The summed E-state index contributed by atoms with van der Waals surface area (Å²) in [6.07, 6.45) is 1.56. The third kappa shape index (κ3) is 2.98. The van der Waals surface area contributed by atoms with Crippen molar-refractivity contribution in [2.75, 3.05) is 13.2 Å². The number of hydrogen-bond donors (Lipinski definition) is 1. The summed E-state index contributed by atoms with van der Waals surface area (Å²) in [7, 11) is 0. The summed E-state index contributed by atoms with van der Waals surface area (Å²) in [5, 5.41) is 9.13. The van der Waals surface area contributed by atoms with Gasteiger partial charge in [0.1, 0.15) is 18.5 Å². The van der Waals surface area contributed by atoms with Crippen LogP contribution in [0, 0.1) is 6.92 Å². The third-order valence-corrected chi connectivity index (χ3v) is 2.90. The fourth-order valence-corrected chi connectivity index (χ4v) is 1.90. The SMILES string of the molecule is Cc1c(OC[C@@H]2COC(C)(C)O2)ccnc1CO. The average Bonchev–Trinajstić information content (AvgIpc) is 2.68.